The van der Waals surface area contributed by atoms with Crippen LogP contribution in [0.4, 0.5) is 5.69 Å². The van der Waals surface area contributed by atoms with Gasteiger partial charge in [0, 0.05) is 24.0 Å². The van der Waals surface area contributed by atoms with Gasteiger partial charge in [-0.25, -0.2) is 0 Å². The van der Waals surface area contributed by atoms with Crippen molar-refractivity contribution in [3.05, 3.63) is 83.1 Å². The molecule has 0 bridgehead atoms. The fourth-order valence-electron chi connectivity index (χ4n) is 2.77. The monoisotopic (exact) mass is 261 g/mol. The van der Waals surface area contributed by atoms with Crippen LogP contribution in [0, 0.1) is 0 Å². The minimum Gasteiger partial charge on any atom is -0.344 e. The molecule has 2 aromatic carbocycles. The number of hydrogen-bond donors (Lipinski definition) is 0. The Labute approximate surface area is 120 Å². The normalized spacial score (nSPS) is 13.8. The number of nitrogens with zero attached hydrogens (tertiary/aromatic N) is 1. The van der Waals surface area contributed by atoms with E-state index < -0.39 is 0 Å². The molecule has 0 saturated carbocycles. The number of allylic oxidation sites excluding steroid dienone is 2. The van der Waals surface area contributed by atoms with Crippen molar-refractivity contribution in [2.75, 3.05) is 11.9 Å². The first-order chi connectivity index (χ1) is 9.68. The van der Waals surface area contributed by atoms with Crippen LogP contribution in [0.3, 0.4) is 0 Å². The lowest BCUT2D eigenvalue weighted by atomic mass is 9.91. The maximum Gasteiger partial charge on any atom is 0.0487 e. The van der Waals surface area contributed by atoms with Crippen LogP contribution < -0.4 is 4.90 Å². The Bertz CT molecular complexity index is 689. The van der Waals surface area contributed by atoms with Crippen LogP contribution in [0.25, 0.3) is 5.57 Å². The van der Waals surface area contributed by atoms with Gasteiger partial charge in [0.1, 0.15) is 0 Å². The molecule has 1 heteroatoms. The van der Waals surface area contributed by atoms with Crippen LogP contribution in [0.15, 0.2) is 71.9 Å². The second-order valence-corrected chi connectivity index (χ2v) is 5.39. The standard InChI is InChI=1S/C19H19N/c1-14(2)19-13-17(15-9-5-4-6-10-15)16-11-7-8-12-18(16)20(19)3/h4-13H,1-3H3. The highest BCUT2D eigenvalue weighted by molar-refractivity contribution is 5.91. The van der Waals surface area contributed by atoms with E-state index in [1.54, 1.807) is 0 Å². The van der Waals surface area contributed by atoms with Gasteiger partial charge in [-0.1, -0.05) is 54.1 Å². The SMILES string of the molecule is CC(C)=C1C=C(c2ccccc2)c2ccccc2N1C. The van der Waals surface area contributed by atoms with Crippen molar-refractivity contribution < 1.29 is 0 Å². The molecule has 3 rings (SSSR count). The molecule has 0 atom stereocenters. The number of fused-ring (bicyclic) bond motifs is 1. The van der Waals surface area contributed by atoms with Gasteiger partial charge >= 0.3 is 0 Å². The highest BCUT2D eigenvalue weighted by Gasteiger charge is 2.20. The Balaban J connectivity index is 2.26. The van der Waals surface area contributed by atoms with Crippen LogP contribution in [0.2, 0.25) is 0 Å². The molecule has 1 heterocycles. The third kappa shape index (κ3) is 2.05. The molecule has 0 N–H and O–H groups in total. The highest BCUT2D eigenvalue weighted by atomic mass is 15.1. The molecule has 1 aliphatic rings. The number of likely N-dealkylation sites (N-methyl/N-ethyl adjacent to an activating group) is 1. The lowest BCUT2D eigenvalue weighted by Crippen LogP contribution is -2.21. The Morgan fingerprint density at radius 3 is 2.20 bits per heavy atom. The first-order valence-electron chi connectivity index (χ1n) is 6.96. The molecule has 1 nitrogen and oxygen atoms in total. The molecule has 0 amide bonds. The molecule has 20 heavy (non-hydrogen) atoms. The van der Waals surface area contributed by atoms with E-state index in [0.717, 1.165) is 0 Å². The molecule has 100 valence electrons. The van der Waals surface area contributed by atoms with Gasteiger partial charge in [-0.15, -0.1) is 0 Å². The van der Waals surface area contributed by atoms with Crippen molar-refractivity contribution in [1.82, 2.24) is 0 Å². The van der Waals surface area contributed by atoms with Crippen LogP contribution >= 0.6 is 0 Å². The van der Waals surface area contributed by atoms with Gasteiger partial charge in [0.2, 0.25) is 0 Å². The lowest BCUT2D eigenvalue weighted by Gasteiger charge is -2.31. The molecule has 0 fully saturated rings. The van der Waals surface area contributed by atoms with Crippen LogP contribution in [-0.2, 0) is 0 Å². The first kappa shape index (κ1) is 12.7. The summed E-state index contributed by atoms with van der Waals surface area (Å²) in [5.74, 6) is 0. The molecule has 0 aromatic heterocycles. The molecule has 0 unspecified atom stereocenters. The summed E-state index contributed by atoms with van der Waals surface area (Å²) < 4.78 is 0. The number of hydrogen-bond acceptors (Lipinski definition) is 1. The van der Waals surface area contributed by atoms with Crippen molar-refractivity contribution >= 4 is 11.3 Å². The number of para-hydroxylation sites is 1. The third-order valence-corrected chi connectivity index (χ3v) is 3.80. The fraction of sp³-hybridized carbons (Fsp3) is 0.158. The van der Waals surface area contributed by atoms with E-state index >= 15 is 0 Å². The van der Waals surface area contributed by atoms with Gasteiger partial charge in [-0.3, -0.25) is 0 Å². The summed E-state index contributed by atoms with van der Waals surface area (Å²) in [6, 6.07) is 19.2. The van der Waals surface area contributed by atoms with E-state index in [2.05, 4.69) is 86.5 Å². The zero-order chi connectivity index (χ0) is 14.1. The molecular formula is C19H19N. The quantitative estimate of drug-likeness (QED) is 0.708. The Morgan fingerprint density at radius 1 is 0.850 bits per heavy atom. The largest absolute Gasteiger partial charge is 0.344 e. The third-order valence-electron chi connectivity index (χ3n) is 3.80. The van der Waals surface area contributed by atoms with Crippen LogP contribution in [0.1, 0.15) is 25.0 Å². The Kier molecular flexibility index (Phi) is 3.19. The minimum absolute atomic E-state index is 1.27. The van der Waals surface area contributed by atoms with Gasteiger partial charge in [0.25, 0.3) is 0 Å². The summed E-state index contributed by atoms with van der Waals surface area (Å²) in [7, 11) is 2.14. The van der Waals surface area contributed by atoms with E-state index in [9.17, 15) is 0 Å². The van der Waals surface area contributed by atoms with Gasteiger partial charge < -0.3 is 4.90 Å². The molecule has 1 aliphatic heterocycles. The molecule has 0 aliphatic carbocycles. The number of benzene rings is 2. The first-order valence-corrected chi connectivity index (χ1v) is 6.96. The predicted octanol–water partition coefficient (Wildman–Crippen LogP) is 4.86. The summed E-state index contributed by atoms with van der Waals surface area (Å²) in [4.78, 5) is 2.27. The topological polar surface area (TPSA) is 3.24 Å². The van der Waals surface area contributed by atoms with E-state index in [1.807, 2.05) is 0 Å². The van der Waals surface area contributed by atoms with Crippen molar-refractivity contribution in [1.29, 1.82) is 0 Å². The van der Waals surface area contributed by atoms with Crippen molar-refractivity contribution in [2.24, 2.45) is 0 Å². The number of anilines is 1. The number of rotatable bonds is 1. The molecule has 0 saturated heterocycles. The average molecular weight is 261 g/mol. The second kappa shape index (κ2) is 5.01. The summed E-state index contributed by atoms with van der Waals surface area (Å²) >= 11 is 0. The fourth-order valence-corrected chi connectivity index (χ4v) is 2.77. The van der Waals surface area contributed by atoms with Gasteiger partial charge in [-0.05, 0) is 37.1 Å². The van der Waals surface area contributed by atoms with Gasteiger partial charge in [0.05, 0.1) is 0 Å². The molecule has 0 radical (unpaired) electrons. The molecule has 2 aromatic rings. The predicted molar refractivity (Wildman–Crippen MR) is 86.7 cm³/mol. The van der Waals surface area contributed by atoms with E-state index in [0.29, 0.717) is 0 Å². The summed E-state index contributed by atoms with van der Waals surface area (Å²) in [5.41, 5.74) is 7.75. The van der Waals surface area contributed by atoms with Crippen molar-refractivity contribution in [3.63, 3.8) is 0 Å². The van der Waals surface area contributed by atoms with E-state index in [-0.39, 0.29) is 0 Å². The van der Waals surface area contributed by atoms with Crippen molar-refractivity contribution in [3.8, 4) is 0 Å². The molecular weight excluding hydrogens is 242 g/mol. The second-order valence-electron chi connectivity index (χ2n) is 5.39. The smallest absolute Gasteiger partial charge is 0.0487 e. The Morgan fingerprint density at radius 2 is 1.50 bits per heavy atom. The summed E-state index contributed by atoms with van der Waals surface area (Å²) in [6.07, 6.45) is 2.30. The zero-order valence-electron chi connectivity index (χ0n) is 12.2. The summed E-state index contributed by atoms with van der Waals surface area (Å²) in [6.45, 7) is 4.33. The highest BCUT2D eigenvalue weighted by Crippen LogP contribution is 2.38. The molecule has 0 spiro atoms. The van der Waals surface area contributed by atoms with E-state index in [4.69, 9.17) is 0 Å². The maximum absolute atomic E-state index is 2.30. The Hall–Kier alpha value is -2.28. The lowest BCUT2D eigenvalue weighted by molar-refractivity contribution is 1.08. The van der Waals surface area contributed by atoms with Crippen LogP contribution in [0.5, 0.6) is 0 Å². The van der Waals surface area contributed by atoms with Gasteiger partial charge in [-0.2, -0.15) is 0 Å². The zero-order valence-corrected chi connectivity index (χ0v) is 12.2. The maximum atomic E-state index is 2.30. The average Bonchev–Trinajstić information content (AvgIpc) is 2.48. The van der Waals surface area contributed by atoms with Crippen LogP contribution in [-0.4, -0.2) is 7.05 Å². The van der Waals surface area contributed by atoms with Gasteiger partial charge in [0.15, 0.2) is 0 Å². The minimum atomic E-state index is 1.27. The summed E-state index contributed by atoms with van der Waals surface area (Å²) in [5, 5.41) is 0. The van der Waals surface area contributed by atoms with Crippen molar-refractivity contribution in [2.45, 2.75) is 13.8 Å². The van der Waals surface area contributed by atoms with E-state index in [1.165, 1.54) is 33.7 Å².